The Bertz CT molecular complexity index is 1140. The number of carbonyl (C=O) groups excluding carboxylic acids is 2. The first-order chi connectivity index (χ1) is 18.1. The minimum absolute atomic E-state index is 0.0497. The van der Waals surface area contributed by atoms with Gasteiger partial charge in [0.05, 0.1) is 23.3 Å². The lowest BCUT2D eigenvalue weighted by atomic mass is 9.49. The van der Waals surface area contributed by atoms with Gasteiger partial charge < -0.3 is 15.0 Å². The van der Waals surface area contributed by atoms with Crippen LogP contribution in [0.15, 0.2) is 30.3 Å². The third kappa shape index (κ3) is 5.40. The Morgan fingerprint density at radius 3 is 2.32 bits per heavy atom. The highest BCUT2D eigenvalue weighted by molar-refractivity contribution is 5.95. The molecule has 2 aromatic rings. The Labute approximate surface area is 227 Å². The molecule has 6 rings (SSSR count). The molecule has 38 heavy (non-hydrogen) atoms. The molecule has 7 nitrogen and oxygen atoms in total. The van der Waals surface area contributed by atoms with Crippen molar-refractivity contribution in [3.63, 3.8) is 0 Å². The summed E-state index contributed by atoms with van der Waals surface area (Å²) in [6, 6.07) is 9.99. The Hall–Kier alpha value is -2.67. The van der Waals surface area contributed by atoms with Crippen molar-refractivity contribution in [1.29, 1.82) is 0 Å². The number of benzene rings is 1. The fraction of sp³-hybridized carbons (Fsp3) is 0.645. The van der Waals surface area contributed by atoms with Crippen molar-refractivity contribution in [3.05, 3.63) is 41.6 Å². The summed E-state index contributed by atoms with van der Waals surface area (Å²) >= 11 is 0. The Morgan fingerprint density at radius 1 is 1.11 bits per heavy atom. The van der Waals surface area contributed by atoms with E-state index in [9.17, 15) is 9.59 Å². The van der Waals surface area contributed by atoms with E-state index in [1.807, 2.05) is 46.8 Å². The highest BCUT2D eigenvalue weighted by Crippen LogP contribution is 2.60. The number of aromatic nitrogens is 2. The van der Waals surface area contributed by atoms with Gasteiger partial charge in [-0.05, 0) is 81.3 Å². The normalized spacial score (nSPS) is 26.0. The van der Waals surface area contributed by atoms with Crippen molar-refractivity contribution in [2.45, 2.75) is 78.1 Å². The van der Waals surface area contributed by atoms with Gasteiger partial charge in [0.15, 0.2) is 0 Å². The molecular weight excluding hydrogens is 476 g/mol. The number of nitrogens with zero attached hydrogens (tertiary/aromatic N) is 3. The van der Waals surface area contributed by atoms with E-state index in [1.54, 1.807) is 7.11 Å². The van der Waals surface area contributed by atoms with Crippen LogP contribution < -0.4 is 5.32 Å². The summed E-state index contributed by atoms with van der Waals surface area (Å²) in [5, 5.41) is 7.99. The Balaban J connectivity index is 1.37. The van der Waals surface area contributed by atoms with Crippen LogP contribution in [-0.4, -0.2) is 53.3 Å². The molecule has 0 saturated heterocycles. The maximum absolute atomic E-state index is 14.1. The van der Waals surface area contributed by atoms with E-state index in [0.29, 0.717) is 36.7 Å². The highest BCUT2D eigenvalue weighted by atomic mass is 16.5. The van der Waals surface area contributed by atoms with Crippen molar-refractivity contribution < 1.29 is 14.3 Å². The van der Waals surface area contributed by atoms with E-state index < -0.39 is 0 Å². The van der Waals surface area contributed by atoms with Crippen molar-refractivity contribution in [3.8, 4) is 5.69 Å². The van der Waals surface area contributed by atoms with Crippen LogP contribution in [0.1, 0.15) is 77.0 Å². The van der Waals surface area contributed by atoms with Gasteiger partial charge in [-0.2, -0.15) is 5.10 Å². The van der Waals surface area contributed by atoms with Crippen LogP contribution in [0.2, 0.25) is 0 Å². The van der Waals surface area contributed by atoms with Crippen molar-refractivity contribution >= 4 is 17.6 Å². The first-order valence-electron chi connectivity index (χ1n) is 14.3. The summed E-state index contributed by atoms with van der Waals surface area (Å²) in [5.41, 5.74) is 2.46. The van der Waals surface area contributed by atoms with Crippen molar-refractivity contribution in [2.24, 2.45) is 23.2 Å². The standard InChI is InChI=1S/C31H44N4O3/c1-21-9-6-7-10-25(21)35-27(16-26(33-35)30(2,3)4)32-28(36)20-34(11-8-12-38-5)29(37)31-17-22-13-23(18-31)15-24(14-22)19-31/h6-7,9-10,16,22-24H,8,11-15,17-20H2,1-5H3,(H,32,36). The lowest BCUT2D eigenvalue weighted by Gasteiger charge is -2.56. The molecule has 0 radical (unpaired) electrons. The summed E-state index contributed by atoms with van der Waals surface area (Å²) in [4.78, 5) is 29.5. The molecule has 4 saturated carbocycles. The molecule has 1 heterocycles. The predicted molar refractivity (Wildman–Crippen MR) is 149 cm³/mol. The fourth-order valence-electron chi connectivity index (χ4n) is 7.54. The largest absolute Gasteiger partial charge is 0.385 e. The molecule has 0 unspecified atom stereocenters. The van der Waals surface area contributed by atoms with Crippen LogP contribution in [0.3, 0.4) is 0 Å². The van der Waals surface area contributed by atoms with E-state index in [2.05, 4.69) is 26.1 Å². The zero-order valence-electron chi connectivity index (χ0n) is 23.8. The minimum atomic E-state index is -0.273. The first-order valence-corrected chi connectivity index (χ1v) is 14.3. The summed E-state index contributed by atoms with van der Waals surface area (Å²) in [6.07, 6.45) is 7.57. The number of para-hydroxylation sites is 1. The molecule has 7 heteroatoms. The van der Waals surface area contributed by atoms with Crippen LogP contribution in [0, 0.1) is 30.1 Å². The van der Waals surface area contributed by atoms with E-state index in [0.717, 1.165) is 42.6 Å². The Kier molecular flexibility index (Phi) is 7.42. The molecule has 206 valence electrons. The number of rotatable bonds is 9. The lowest BCUT2D eigenvalue weighted by molar-refractivity contribution is -0.159. The number of ether oxygens (including phenoxy) is 1. The maximum Gasteiger partial charge on any atom is 0.245 e. The van der Waals surface area contributed by atoms with Gasteiger partial charge >= 0.3 is 0 Å². The van der Waals surface area contributed by atoms with Gasteiger partial charge in [-0.1, -0.05) is 39.0 Å². The quantitative estimate of drug-likeness (QED) is 0.443. The molecule has 4 aliphatic rings. The molecule has 0 atom stereocenters. The van der Waals surface area contributed by atoms with E-state index in [1.165, 1.54) is 19.3 Å². The second kappa shape index (κ2) is 10.5. The maximum atomic E-state index is 14.1. The molecular formula is C31H44N4O3. The second-order valence-corrected chi connectivity index (χ2v) is 13.2. The fourth-order valence-corrected chi connectivity index (χ4v) is 7.54. The van der Waals surface area contributed by atoms with Crippen LogP contribution >= 0.6 is 0 Å². The molecule has 0 spiro atoms. The number of nitrogens with one attached hydrogen (secondary N) is 1. The lowest BCUT2D eigenvalue weighted by Crippen LogP contribution is -2.55. The van der Waals surface area contributed by atoms with Crippen LogP contribution in [0.25, 0.3) is 5.69 Å². The molecule has 4 aliphatic carbocycles. The van der Waals surface area contributed by atoms with E-state index in [4.69, 9.17) is 9.84 Å². The number of aryl methyl sites for hydroxylation is 1. The number of hydrogen-bond acceptors (Lipinski definition) is 4. The average molecular weight is 521 g/mol. The molecule has 1 aromatic heterocycles. The van der Waals surface area contributed by atoms with Gasteiger partial charge in [-0.3, -0.25) is 9.59 Å². The molecule has 1 aromatic carbocycles. The number of carbonyl (C=O) groups is 2. The van der Waals surface area contributed by atoms with Gasteiger partial charge in [-0.25, -0.2) is 4.68 Å². The number of anilines is 1. The molecule has 4 bridgehead atoms. The average Bonchev–Trinajstić information content (AvgIpc) is 3.26. The van der Waals surface area contributed by atoms with Gasteiger partial charge in [0.1, 0.15) is 5.82 Å². The SMILES string of the molecule is COCCCN(CC(=O)Nc1cc(C(C)(C)C)nn1-c1ccccc1C)C(=O)C12CC3CC(CC(C3)C1)C2. The zero-order chi connectivity index (χ0) is 27.1. The minimum Gasteiger partial charge on any atom is -0.385 e. The van der Waals surface area contributed by atoms with E-state index >= 15 is 0 Å². The topological polar surface area (TPSA) is 76.5 Å². The number of amides is 2. The summed E-state index contributed by atoms with van der Waals surface area (Å²) < 4.78 is 7.11. The van der Waals surface area contributed by atoms with Crippen LogP contribution in [-0.2, 0) is 19.7 Å². The number of methoxy groups -OCH3 is 1. The molecule has 0 aliphatic heterocycles. The Morgan fingerprint density at radius 2 is 1.74 bits per heavy atom. The van der Waals surface area contributed by atoms with Gasteiger partial charge in [0, 0.05) is 31.7 Å². The smallest absolute Gasteiger partial charge is 0.245 e. The summed E-state index contributed by atoms with van der Waals surface area (Å²) in [7, 11) is 1.68. The van der Waals surface area contributed by atoms with Crippen LogP contribution in [0.4, 0.5) is 5.82 Å². The second-order valence-electron chi connectivity index (χ2n) is 13.2. The molecule has 4 fully saturated rings. The molecule has 2 amide bonds. The van der Waals surface area contributed by atoms with E-state index in [-0.39, 0.29) is 29.2 Å². The number of hydrogen-bond donors (Lipinski definition) is 1. The first kappa shape index (κ1) is 26.9. The zero-order valence-corrected chi connectivity index (χ0v) is 23.8. The van der Waals surface area contributed by atoms with Gasteiger partial charge in [0.2, 0.25) is 11.8 Å². The van der Waals surface area contributed by atoms with Crippen LogP contribution in [0.5, 0.6) is 0 Å². The predicted octanol–water partition coefficient (Wildman–Crippen LogP) is 5.50. The summed E-state index contributed by atoms with van der Waals surface area (Å²) in [5.74, 6) is 2.67. The highest BCUT2D eigenvalue weighted by Gasteiger charge is 2.55. The monoisotopic (exact) mass is 520 g/mol. The molecule has 1 N–H and O–H groups in total. The third-order valence-electron chi connectivity index (χ3n) is 8.98. The summed E-state index contributed by atoms with van der Waals surface area (Å²) in [6.45, 7) is 9.54. The van der Waals surface area contributed by atoms with Crippen molar-refractivity contribution in [1.82, 2.24) is 14.7 Å². The van der Waals surface area contributed by atoms with Gasteiger partial charge in [0.25, 0.3) is 0 Å². The third-order valence-corrected chi connectivity index (χ3v) is 8.98. The van der Waals surface area contributed by atoms with Crippen molar-refractivity contribution in [2.75, 3.05) is 32.1 Å². The van der Waals surface area contributed by atoms with Gasteiger partial charge in [-0.15, -0.1) is 0 Å².